The molecule has 1 aromatic carbocycles. The average molecular weight is 384 g/mol. The fourth-order valence-electron chi connectivity index (χ4n) is 3.06. The molecule has 26 heavy (non-hydrogen) atoms. The molecule has 0 unspecified atom stereocenters. The van der Waals surface area contributed by atoms with Gasteiger partial charge >= 0.3 is 0 Å². The summed E-state index contributed by atoms with van der Waals surface area (Å²) in [5, 5.41) is 4.41. The van der Waals surface area contributed by atoms with Crippen molar-refractivity contribution in [2.24, 2.45) is 0 Å². The van der Waals surface area contributed by atoms with Gasteiger partial charge in [0.1, 0.15) is 16.5 Å². The third-order valence-corrected chi connectivity index (χ3v) is 6.52. The number of aromatic nitrogens is 2. The Bertz CT molecular complexity index is 890. The van der Waals surface area contributed by atoms with Crippen LogP contribution in [0.15, 0.2) is 29.3 Å². The molecule has 0 radical (unpaired) electrons. The summed E-state index contributed by atoms with van der Waals surface area (Å²) >= 11 is 0. The molecule has 1 fully saturated rings. The highest BCUT2D eigenvalue weighted by Gasteiger charge is 2.31. The van der Waals surface area contributed by atoms with Gasteiger partial charge in [0, 0.05) is 51.0 Å². The normalized spacial score (nSPS) is 16.9. The smallest absolute Gasteiger partial charge is 0.246 e. The Morgan fingerprint density at radius 3 is 2.46 bits per heavy atom. The summed E-state index contributed by atoms with van der Waals surface area (Å²) in [6, 6.07) is 2.48. The van der Waals surface area contributed by atoms with Gasteiger partial charge in [-0.05, 0) is 32.0 Å². The highest BCUT2D eigenvalue weighted by atomic mass is 32.2. The van der Waals surface area contributed by atoms with E-state index >= 15 is 0 Å². The van der Waals surface area contributed by atoms with Crippen LogP contribution in [0, 0.1) is 18.6 Å². The second-order valence-electron chi connectivity index (χ2n) is 6.35. The minimum atomic E-state index is -4.04. The Morgan fingerprint density at radius 2 is 1.85 bits per heavy atom. The van der Waals surface area contributed by atoms with Crippen LogP contribution in [0.2, 0.25) is 0 Å². The molecule has 1 aliphatic heterocycles. The Morgan fingerprint density at radius 1 is 1.15 bits per heavy atom. The molecule has 0 spiro atoms. The van der Waals surface area contributed by atoms with E-state index in [-0.39, 0.29) is 13.1 Å². The van der Waals surface area contributed by atoms with Crippen LogP contribution in [0.1, 0.15) is 18.2 Å². The minimum absolute atomic E-state index is 0.235. The number of hydrogen-bond acceptors (Lipinski definition) is 4. The Hall–Kier alpha value is -1.84. The number of hydrogen-bond donors (Lipinski definition) is 0. The zero-order valence-corrected chi connectivity index (χ0v) is 15.6. The van der Waals surface area contributed by atoms with Gasteiger partial charge < -0.3 is 0 Å². The van der Waals surface area contributed by atoms with Crippen LogP contribution < -0.4 is 0 Å². The molecular weight excluding hydrogens is 362 g/mol. The van der Waals surface area contributed by atoms with Crippen molar-refractivity contribution in [2.45, 2.75) is 31.8 Å². The molecule has 2 heterocycles. The van der Waals surface area contributed by atoms with Gasteiger partial charge in [-0.2, -0.15) is 9.40 Å². The van der Waals surface area contributed by atoms with Crippen LogP contribution in [-0.2, 0) is 23.1 Å². The number of benzene rings is 1. The third kappa shape index (κ3) is 3.79. The van der Waals surface area contributed by atoms with Crippen molar-refractivity contribution in [1.82, 2.24) is 19.0 Å². The van der Waals surface area contributed by atoms with Crippen molar-refractivity contribution in [3.05, 3.63) is 47.3 Å². The molecule has 142 valence electrons. The highest BCUT2D eigenvalue weighted by Crippen LogP contribution is 2.22. The molecule has 3 rings (SSSR count). The third-order valence-electron chi connectivity index (χ3n) is 4.61. The molecule has 2 aromatic rings. The molecule has 1 aliphatic rings. The zero-order chi connectivity index (χ0) is 18.9. The molecular formula is C17H22F2N4O2S. The van der Waals surface area contributed by atoms with E-state index < -0.39 is 26.6 Å². The van der Waals surface area contributed by atoms with Crippen molar-refractivity contribution >= 4 is 10.0 Å². The van der Waals surface area contributed by atoms with Gasteiger partial charge in [-0.15, -0.1) is 0 Å². The van der Waals surface area contributed by atoms with E-state index in [0.717, 1.165) is 36.0 Å². The lowest BCUT2D eigenvalue weighted by molar-refractivity contribution is 0.181. The summed E-state index contributed by atoms with van der Waals surface area (Å²) in [7, 11) is -4.04. The molecule has 0 N–H and O–H groups in total. The molecule has 0 amide bonds. The standard InChI is InChI=1S/C17H22F2N4O2S/c1-3-22-12-14(13(2)20-22)11-21-6-8-23(9-7-21)26(24,25)17-10-15(18)4-5-16(17)19/h4-5,10,12H,3,6-9,11H2,1-2H3. The summed E-state index contributed by atoms with van der Waals surface area (Å²) in [6.45, 7) is 6.97. The van der Waals surface area contributed by atoms with Crippen LogP contribution in [0.5, 0.6) is 0 Å². The van der Waals surface area contributed by atoms with Crippen molar-refractivity contribution in [2.75, 3.05) is 26.2 Å². The minimum Gasteiger partial charge on any atom is -0.296 e. The highest BCUT2D eigenvalue weighted by molar-refractivity contribution is 7.89. The Balaban J connectivity index is 1.67. The number of halogens is 2. The predicted molar refractivity (Wildman–Crippen MR) is 93.0 cm³/mol. The van der Waals surface area contributed by atoms with E-state index in [4.69, 9.17) is 0 Å². The lowest BCUT2D eigenvalue weighted by atomic mass is 10.2. The molecule has 0 atom stereocenters. The van der Waals surface area contributed by atoms with Crippen LogP contribution in [0.25, 0.3) is 0 Å². The molecule has 0 bridgehead atoms. The van der Waals surface area contributed by atoms with E-state index in [9.17, 15) is 17.2 Å². The molecule has 1 saturated heterocycles. The van der Waals surface area contributed by atoms with Crippen LogP contribution in [0.4, 0.5) is 8.78 Å². The van der Waals surface area contributed by atoms with Gasteiger partial charge in [0.25, 0.3) is 0 Å². The molecule has 0 saturated carbocycles. The van der Waals surface area contributed by atoms with Crippen LogP contribution in [0.3, 0.4) is 0 Å². The summed E-state index contributed by atoms with van der Waals surface area (Å²) in [5.41, 5.74) is 2.07. The van der Waals surface area contributed by atoms with E-state index in [1.54, 1.807) is 0 Å². The van der Waals surface area contributed by atoms with E-state index in [1.807, 2.05) is 24.7 Å². The van der Waals surface area contributed by atoms with Crippen molar-refractivity contribution in [3.8, 4) is 0 Å². The second kappa shape index (κ2) is 7.42. The largest absolute Gasteiger partial charge is 0.296 e. The van der Waals surface area contributed by atoms with E-state index in [2.05, 4.69) is 10.00 Å². The van der Waals surface area contributed by atoms with Gasteiger partial charge in [0.15, 0.2) is 0 Å². The van der Waals surface area contributed by atoms with E-state index in [1.165, 1.54) is 4.31 Å². The number of piperazine rings is 1. The SMILES string of the molecule is CCn1cc(CN2CCN(S(=O)(=O)c3cc(F)ccc3F)CC2)c(C)n1. The Labute approximate surface area is 152 Å². The summed E-state index contributed by atoms with van der Waals surface area (Å²) < 4.78 is 55.5. The predicted octanol–water partition coefficient (Wildman–Crippen LogP) is 2.00. The number of nitrogens with zero attached hydrogens (tertiary/aromatic N) is 4. The second-order valence-corrected chi connectivity index (χ2v) is 8.26. The molecule has 1 aromatic heterocycles. The monoisotopic (exact) mass is 384 g/mol. The fourth-order valence-corrected chi connectivity index (χ4v) is 4.56. The maximum absolute atomic E-state index is 13.9. The quantitative estimate of drug-likeness (QED) is 0.791. The van der Waals surface area contributed by atoms with Crippen LogP contribution in [-0.4, -0.2) is 53.6 Å². The Kier molecular flexibility index (Phi) is 5.40. The summed E-state index contributed by atoms with van der Waals surface area (Å²) in [6.07, 6.45) is 2.00. The van der Waals surface area contributed by atoms with Crippen molar-refractivity contribution in [3.63, 3.8) is 0 Å². The zero-order valence-electron chi connectivity index (χ0n) is 14.8. The van der Waals surface area contributed by atoms with E-state index in [0.29, 0.717) is 19.6 Å². The first-order valence-electron chi connectivity index (χ1n) is 8.51. The van der Waals surface area contributed by atoms with Crippen molar-refractivity contribution < 1.29 is 17.2 Å². The lowest BCUT2D eigenvalue weighted by Gasteiger charge is -2.33. The maximum Gasteiger partial charge on any atom is 0.246 e. The van der Waals surface area contributed by atoms with Gasteiger partial charge in [-0.3, -0.25) is 9.58 Å². The fraction of sp³-hybridized carbons (Fsp3) is 0.471. The van der Waals surface area contributed by atoms with Gasteiger partial charge in [-0.1, -0.05) is 0 Å². The number of rotatable bonds is 5. The maximum atomic E-state index is 13.9. The van der Waals surface area contributed by atoms with Gasteiger partial charge in [0.2, 0.25) is 10.0 Å². The van der Waals surface area contributed by atoms with Crippen LogP contribution >= 0.6 is 0 Å². The first-order chi connectivity index (χ1) is 12.3. The number of aryl methyl sites for hydroxylation is 2. The van der Waals surface area contributed by atoms with Gasteiger partial charge in [-0.25, -0.2) is 17.2 Å². The molecule has 0 aliphatic carbocycles. The first-order valence-corrected chi connectivity index (χ1v) is 9.95. The average Bonchev–Trinajstić information content (AvgIpc) is 2.97. The topological polar surface area (TPSA) is 58.4 Å². The molecule has 6 nitrogen and oxygen atoms in total. The summed E-state index contributed by atoms with van der Waals surface area (Å²) in [4.78, 5) is 1.53. The lowest BCUT2D eigenvalue weighted by Crippen LogP contribution is -2.48. The first kappa shape index (κ1) is 18.9. The van der Waals surface area contributed by atoms with Crippen molar-refractivity contribution in [1.29, 1.82) is 0 Å². The van der Waals surface area contributed by atoms with Gasteiger partial charge in [0.05, 0.1) is 5.69 Å². The number of sulfonamides is 1. The summed E-state index contributed by atoms with van der Waals surface area (Å²) in [5.74, 6) is -1.71. The molecule has 9 heteroatoms.